The zero-order valence-electron chi connectivity index (χ0n) is 10.1. The molecule has 0 saturated heterocycles. The maximum Gasteiger partial charge on any atom is 0.309 e. The van der Waals surface area contributed by atoms with Crippen LogP contribution in [0, 0.1) is 11.2 Å². The van der Waals surface area contributed by atoms with Crippen molar-refractivity contribution in [2.45, 2.75) is 31.6 Å². The van der Waals surface area contributed by atoms with Crippen molar-refractivity contribution in [1.82, 2.24) is 0 Å². The fraction of sp³-hybridized carbons (Fsp3) is 0.462. The standard InChI is InChI=1S/C13H17FO2S/c1-13(2,12(15)16)8-5-9-17-11-7-4-3-6-10(11)14/h3-4,6-7H,5,8-9H2,1-2H3,(H,15,16). The van der Waals surface area contributed by atoms with E-state index in [1.807, 2.05) is 0 Å². The highest BCUT2D eigenvalue weighted by Crippen LogP contribution is 2.27. The molecule has 0 aromatic heterocycles. The number of carbonyl (C=O) groups is 1. The molecule has 0 heterocycles. The van der Waals surface area contributed by atoms with Crippen molar-refractivity contribution in [1.29, 1.82) is 0 Å². The van der Waals surface area contributed by atoms with Crippen molar-refractivity contribution < 1.29 is 14.3 Å². The minimum Gasteiger partial charge on any atom is -0.481 e. The van der Waals surface area contributed by atoms with E-state index in [1.165, 1.54) is 17.8 Å². The summed E-state index contributed by atoms with van der Waals surface area (Å²) in [6.07, 6.45) is 1.36. The smallest absolute Gasteiger partial charge is 0.309 e. The molecule has 94 valence electrons. The first-order valence-electron chi connectivity index (χ1n) is 5.54. The second-order valence-electron chi connectivity index (χ2n) is 4.57. The van der Waals surface area contributed by atoms with Crippen molar-refractivity contribution in [3.05, 3.63) is 30.1 Å². The van der Waals surface area contributed by atoms with E-state index in [9.17, 15) is 9.18 Å². The van der Waals surface area contributed by atoms with E-state index >= 15 is 0 Å². The fourth-order valence-corrected chi connectivity index (χ4v) is 2.25. The second-order valence-corrected chi connectivity index (χ2v) is 5.71. The Morgan fingerprint density at radius 3 is 2.65 bits per heavy atom. The van der Waals surface area contributed by atoms with Gasteiger partial charge in [-0.1, -0.05) is 12.1 Å². The molecule has 2 nitrogen and oxygen atoms in total. The normalized spacial score (nSPS) is 11.5. The molecule has 1 aromatic rings. The van der Waals surface area contributed by atoms with Crippen LogP contribution in [0.3, 0.4) is 0 Å². The number of halogens is 1. The molecule has 1 aromatic carbocycles. The average Bonchev–Trinajstić information content (AvgIpc) is 2.26. The summed E-state index contributed by atoms with van der Waals surface area (Å²) in [4.78, 5) is 11.5. The molecule has 0 unspecified atom stereocenters. The molecule has 4 heteroatoms. The molecule has 0 amide bonds. The fourth-order valence-electron chi connectivity index (χ4n) is 1.36. The molecule has 0 fully saturated rings. The Balaban J connectivity index is 2.35. The lowest BCUT2D eigenvalue weighted by Gasteiger charge is -2.18. The first-order chi connectivity index (χ1) is 7.93. The molecule has 0 bridgehead atoms. The first-order valence-corrected chi connectivity index (χ1v) is 6.53. The van der Waals surface area contributed by atoms with Crippen LogP contribution in [0.1, 0.15) is 26.7 Å². The Bertz CT molecular complexity index is 391. The molecule has 0 spiro atoms. The molecular formula is C13H17FO2S. The first kappa shape index (κ1) is 14.0. The molecule has 0 saturated carbocycles. The Morgan fingerprint density at radius 1 is 1.41 bits per heavy atom. The molecular weight excluding hydrogens is 239 g/mol. The van der Waals surface area contributed by atoms with Gasteiger partial charge in [0.15, 0.2) is 0 Å². The van der Waals surface area contributed by atoms with Gasteiger partial charge in [0.1, 0.15) is 5.82 Å². The summed E-state index contributed by atoms with van der Waals surface area (Å²) in [7, 11) is 0. The Labute approximate surface area is 105 Å². The summed E-state index contributed by atoms with van der Waals surface area (Å²) in [6, 6.07) is 6.63. The molecule has 0 aliphatic heterocycles. The van der Waals surface area contributed by atoms with E-state index in [-0.39, 0.29) is 5.82 Å². The number of hydrogen-bond acceptors (Lipinski definition) is 2. The highest BCUT2D eigenvalue weighted by Gasteiger charge is 2.26. The van der Waals surface area contributed by atoms with E-state index in [0.29, 0.717) is 11.3 Å². The predicted molar refractivity (Wildman–Crippen MR) is 67.8 cm³/mol. The Hall–Kier alpha value is -1.03. The summed E-state index contributed by atoms with van der Waals surface area (Å²) in [5.41, 5.74) is -0.699. The van der Waals surface area contributed by atoms with Crippen molar-refractivity contribution in [2.75, 3.05) is 5.75 Å². The van der Waals surface area contributed by atoms with Gasteiger partial charge < -0.3 is 5.11 Å². The van der Waals surface area contributed by atoms with Crippen molar-refractivity contribution in [2.24, 2.45) is 5.41 Å². The third-order valence-electron chi connectivity index (χ3n) is 2.62. The molecule has 17 heavy (non-hydrogen) atoms. The predicted octanol–water partition coefficient (Wildman–Crippen LogP) is 3.81. The molecule has 0 aliphatic carbocycles. The molecule has 0 radical (unpaired) electrons. The van der Waals surface area contributed by atoms with Gasteiger partial charge in [-0.3, -0.25) is 4.79 Å². The number of aliphatic carboxylic acids is 1. The highest BCUT2D eigenvalue weighted by molar-refractivity contribution is 7.99. The summed E-state index contributed by atoms with van der Waals surface area (Å²) in [5, 5.41) is 8.93. The number of carboxylic acids is 1. The van der Waals surface area contributed by atoms with E-state index in [4.69, 9.17) is 5.11 Å². The van der Waals surface area contributed by atoms with Crippen LogP contribution in [0.2, 0.25) is 0 Å². The number of thioether (sulfide) groups is 1. The van der Waals surface area contributed by atoms with Crippen LogP contribution in [0.4, 0.5) is 4.39 Å². The van der Waals surface area contributed by atoms with Gasteiger partial charge in [-0.05, 0) is 44.6 Å². The quantitative estimate of drug-likeness (QED) is 0.621. The van der Waals surface area contributed by atoms with Crippen LogP contribution < -0.4 is 0 Å². The average molecular weight is 256 g/mol. The van der Waals surface area contributed by atoms with Crippen molar-refractivity contribution >= 4 is 17.7 Å². The van der Waals surface area contributed by atoms with Gasteiger partial charge in [-0.15, -0.1) is 11.8 Å². The van der Waals surface area contributed by atoms with Crippen LogP contribution in [-0.2, 0) is 4.79 Å². The van der Waals surface area contributed by atoms with Crippen LogP contribution in [0.15, 0.2) is 29.2 Å². The Morgan fingerprint density at radius 2 is 2.06 bits per heavy atom. The lowest BCUT2D eigenvalue weighted by atomic mass is 9.88. The number of carboxylic acid groups (broad SMARTS) is 1. The Kier molecular flexibility index (Phi) is 5.00. The van der Waals surface area contributed by atoms with Gasteiger partial charge in [0.05, 0.1) is 5.41 Å². The lowest BCUT2D eigenvalue weighted by molar-refractivity contribution is -0.147. The van der Waals surface area contributed by atoms with Gasteiger partial charge >= 0.3 is 5.97 Å². The van der Waals surface area contributed by atoms with Crippen molar-refractivity contribution in [3.63, 3.8) is 0 Å². The van der Waals surface area contributed by atoms with E-state index in [1.54, 1.807) is 32.0 Å². The van der Waals surface area contributed by atoms with Gasteiger partial charge in [-0.25, -0.2) is 4.39 Å². The van der Waals surface area contributed by atoms with E-state index in [2.05, 4.69) is 0 Å². The number of rotatable bonds is 6. The van der Waals surface area contributed by atoms with Gasteiger partial charge in [-0.2, -0.15) is 0 Å². The van der Waals surface area contributed by atoms with E-state index < -0.39 is 11.4 Å². The molecule has 1 N–H and O–H groups in total. The van der Waals surface area contributed by atoms with Gasteiger partial charge in [0.25, 0.3) is 0 Å². The van der Waals surface area contributed by atoms with E-state index in [0.717, 1.165) is 12.2 Å². The SMILES string of the molecule is CC(C)(CCCSc1ccccc1F)C(=O)O. The highest BCUT2D eigenvalue weighted by atomic mass is 32.2. The van der Waals surface area contributed by atoms with Crippen LogP contribution in [0.25, 0.3) is 0 Å². The second kappa shape index (κ2) is 6.05. The monoisotopic (exact) mass is 256 g/mol. The summed E-state index contributed by atoms with van der Waals surface area (Å²) < 4.78 is 13.3. The van der Waals surface area contributed by atoms with Crippen LogP contribution in [0.5, 0.6) is 0 Å². The van der Waals surface area contributed by atoms with Crippen LogP contribution >= 0.6 is 11.8 Å². The minimum absolute atomic E-state index is 0.213. The van der Waals surface area contributed by atoms with Crippen LogP contribution in [-0.4, -0.2) is 16.8 Å². The molecule has 1 rings (SSSR count). The lowest BCUT2D eigenvalue weighted by Crippen LogP contribution is -2.23. The zero-order chi connectivity index (χ0) is 12.9. The summed E-state index contributed by atoms with van der Waals surface area (Å²) in [5.74, 6) is -0.263. The minimum atomic E-state index is -0.784. The molecule has 0 atom stereocenters. The maximum atomic E-state index is 13.3. The van der Waals surface area contributed by atoms with Gasteiger partial charge in [0, 0.05) is 4.90 Å². The van der Waals surface area contributed by atoms with Crippen molar-refractivity contribution in [3.8, 4) is 0 Å². The van der Waals surface area contributed by atoms with Gasteiger partial charge in [0.2, 0.25) is 0 Å². The zero-order valence-corrected chi connectivity index (χ0v) is 10.9. The molecule has 0 aliphatic rings. The number of benzene rings is 1. The summed E-state index contributed by atoms with van der Waals surface area (Å²) in [6.45, 7) is 3.42. The third kappa shape index (κ3) is 4.38. The maximum absolute atomic E-state index is 13.3. The summed E-state index contributed by atoms with van der Waals surface area (Å²) >= 11 is 1.43. The third-order valence-corrected chi connectivity index (χ3v) is 3.75. The largest absolute Gasteiger partial charge is 0.481 e. The number of hydrogen-bond donors (Lipinski definition) is 1. The topological polar surface area (TPSA) is 37.3 Å².